The summed E-state index contributed by atoms with van der Waals surface area (Å²) < 4.78 is 0. The molecule has 1 fully saturated rings. The lowest BCUT2D eigenvalue weighted by molar-refractivity contribution is -0.139. The lowest BCUT2D eigenvalue weighted by atomic mass is 9.93. The number of rotatable bonds is 4. The van der Waals surface area contributed by atoms with Gasteiger partial charge in [-0.25, -0.2) is 9.59 Å². The molecule has 0 radical (unpaired) electrons. The van der Waals surface area contributed by atoms with E-state index in [-0.39, 0.29) is 12.1 Å². The molecule has 0 saturated heterocycles. The van der Waals surface area contributed by atoms with Gasteiger partial charge >= 0.3 is 12.0 Å². The molecule has 5 heteroatoms. The highest BCUT2D eigenvalue weighted by Gasteiger charge is 2.22. The summed E-state index contributed by atoms with van der Waals surface area (Å²) >= 11 is 0. The van der Waals surface area contributed by atoms with Crippen LogP contribution in [0.5, 0.6) is 0 Å². The molecular formula is C9H16N2O3. The Kier molecular flexibility index (Phi) is 3.73. The normalized spacial score (nSPS) is 18.1. The van der Waals surface area contributed by atoms with Crippen molar-refractivity contribution < 1.29 is 14.7 Å². The Bertz CT molecular complexity index is 226. The molecule has 0 unspecified atom stereocenters. The third kappa shape index (κ3) is 2.90. The monoisotopic (exact) mass is 200 g/mol. The minimum Gasteiger partial charge on any atom is -0.480 e. The van der Waals surface area contributed by atoms with Crippen molar-refractivity contribution in [2.45, 2.75) is 44.7 Å². The fraction of sp³-hybridized carbons (Fsp3) is 0.778. The second-order valence-electron chi connectivity index (χ2n) is 3.54. The van der Waals surface area contributed by atoms with Gasteiger partial charge in [0.1, 0.15) is 6.04 Å². The van der Waals surface area contributed by atoms with Gasteiger partial charge in [0.2, 0.25) is 0 Å². The van der Waals surface area contributed by atoms with Gasteiger partial charge in [-0.05, 0) is 25.7 Å². The highest BCUT2D eigenvalue weighted by atomic mass is 16.4. The molecule has 1 aliphatic rings. The Hall–Kier alpha value is -1.26. The molecule has 0 aliphatic heterocycles. The van der Waals surface area contributed by atoms with E-state index in [9.17, 15) is 9.59 Å². The molecule has 14 heavy (non-hydrogen) atoms. The summed E-state index contributed by atoms with van der Waals surface area (Å²) in [5, 5.41) is 13.8. The SMILES string of the molecule is CC[C@@H](NC(=O)NC1CCC1)C(=O)O. The van der Waals surface area contributed by atoms with Crippen molar-refractivity contribution in [2.75, 3.05) is 0 Å². The number of aliphatic carboxylic acids is 1. The molecule has 3 N–H and O–H groups in total. The zero-order valence-corrected chi connectivity index (χ0v) is 8.25. The first-order chi connectivity index (χ1) is 6.63. The van der Waals surface area contributed by atoms with Crippen molar-refractivity contribution in [3.05, 3.63) is 0 Å². The van der Waals surface area contributed by atoms with Gasteiger partial charge in [0.25, 0.3) is 0 Å². The standard InChI is InChI=1S/C9H16N2O3/c1-2-7(8(12)13)11-9(14)10-6-4-3-5-6/h6-7H,2-5H2,1H3,(H,12,13)(H2,10,11,14)/t7-/m1/s1. The molecule has 0 spiro atoms. The molecule has 0 aromatic rings. The fourth-order valence-corrected chi connectivity index (χ4v) is 1.28. The highest BCUT2D eigenvalue weighted by Crippen LogP contribution is 2.17. The number of carboxylic acids is 1. The first-order valence-corrected chi connectivity index (χ1v) is 4.93. The maximum absolute atomic E-state index is 11.2. The van der Waals surface area contributed by atoms with Crippen molar-refractivity contribution in [1.29, 1.82) is 0 Å². The number of nitrogens with one attached hydrogen (secondary N) is 2. The topological polar surface area (TPSA) is 78.4 Å². The number of hydrogen-bond acceptors (Lipinski definition) is 2. The minimum absolute atomic E-state index is 0.237. The molecule has 0 heterocycles. The van der Waals surface area contributed by atoms with Crippen LogP contribution in [-0.2, 0) is 4.79 Å². The number of hydrogen-bond donors (Lipinski definition) is 3. The first kappa shape index (κ1) is 10.8. The Morgan fingerprint density at radius 3 is 2.50 bits per heavy atom. The van der Waals surface area contributed by atoms with Crippen LogP contribution >= 0.6 is 0 Å². The zero-order valence-electron chi connectivity index (χ0n) is 8.25. The summed E-state index contributed by atoms with van der Waals surface area (Å²) in [6.45, 7) is 1.72. The first-order valence-electron chi connectivity index (χ1n) is 4.93. The van der Waals surface area contributed by atoms with Crippen molar-refractivity contribution >= 4 is 12.0 Å². The summed E-state index contributed by atoms with van der Waals surface area (Å²) in [7, 11) is 0. The van der Waals surface area contributed by atoms with E-state index < -0.39 is 12.0 Å². The van der Waals surface area contributed by atoms with Crippen LogP contribution in [0.25, 0.3) is 0 Å². The van der Waals surface area contributed by atoms with Gasteiger partial charge in [0.05, 0.1) is 0 Å². The van der Waals surface area contributed by atoms with E-state index in [0.717, 1.165) is 19.3 Å². The predicted octanol–water partition coefficient (Wildman–Crippen LogP) is 0.701. The van der Waals surface area contributed by atoms with Crippen LogP contribution in [-0.4, -0.2) is 29.2 Å². The van der Waals surface area contributed by atoms with Gasteiger partial charge in [0.15, 0.2) is 0 Å². The average molecular weight is 200 g/mol. The summed E-state index contributed by atoms with van der Waals surface area (Å²) in [5.41, 5.74) is 0. The summed E-state index contributed by atoms with van der Waals surface area (Å²) in [6.07, 6.45) is 3.53. The van der Waals surface area contributed by atoms with Gasteiger partial charge in [-0.15, -0.1) is 0 Å². The van der Waals surface area contributed by atoms with Crippen molar-refractivity contribution in [3.63, 3.8) is 0 Å². The van der Waals surface area contributed by atoms with Crippen LogP contribution in [0.15, 0.2) is 0 Å². The molecule has 0 aromatic carbocycles. The Morgan fingerprint density at radius 1 is 1.50 bits per heavy atom. The fourth-order valence-electron chi connectivity index (χ4n) is 1.28. The van der Waals surface area contributed by atoms with Gasteiger partial charge in [-0.2, -0.15) is 0 Å². The van der Waals surface area contributed by atoms with Crippen LogP contribution < -0.4 is 10.6 Å². The third-order valence-electron chi connectivity index (χ3n) is 2.45. The van der Waals surface area contributed by atoms with E-state index in [2.05, 4.69) is 10.6 Å². The summed E-state index contributed by atoms with van der Waals surface area (Å²) in [5.74, 6) is -0.990. The lowest BCUT2D eigenvalue weighted by Crippen LogP contribution is -2.50. The van der Waals surface area contributed by atoms with E-state index in [1.54, 1.807) is 6.92 Å². The van der Waals surface area contributed by atoms with Crippen LogP contribution in [0.2, 0.25) is 0 Å². The number of amides is 2. The number of carbonyl (C=O) groups is 2. The maximum Gasteiger partial charge on any atom is 0.326 e. The smallest absolute Gasteiger partial charge is 0.326 e. The highest BCUT2D eigenvalue weighted by molar-refractivity contribution is 5.82. The van der Waals surface area contributed by atoms with Crippen molar-refractivity contribution in [3.8, 4) is 0 Å². The number of carbonyl (C=O) groups excluding carboxylic acids is 1. The Balaban J connectivity index is 2.26. The van der Waals surface area contributed by atoms with Crippen molar-refractivity contribution in [1.82, 2.24) is 10.6 Å². The molecule has 2 amide bonds. The largest absolute Gasteiger partial charge is 0.480 e. The minimum atomic E-state index is -0.990. The lowest BCUT2D eigenvalue weighted by Gasteiger charge is -2.27. The molecule has 0 aromatic heterocycles. The molecule has 1 rings (SSSR count). The number of urea groups is 1. The number of carboxylic acid groups (broad SMARTS) is 1. The molecular weight excluding hydrogens is 184 g/mol. The second-order valence-corrected chi connectivity index (χ2v) is 3.54. The van der Waals surface area contributed by atoms with Crippen LogP contribution in [0.1, 0.15) is 32.6 Å². The van der Waals surface area contributed by atoms with Gasteiger partial charge in [0, 0.05) is 6.04 Å². The summed E-state index contributed by atoms with van der Waals surface area (Å²) in [6, 6.07) is -0.916. The second kappa shape index (κ2) is 4.83. The molecule has 1 saturated carbocycles. The molecule has 5 nitrogen and oxygen atoms in total. The van der Waals surface area contributed by atoms with Crippen LogP contribution in [0, 0.1) is 0 Å². The Morgan fingerprint density at radius 2 is 2.14 bits per heavy atom. The van der Waals surface area contributed by atoms with E-state index in [1.165, 1.54) is 0 Å². The van der Waals surface area contributed by atoms with Crippen LogP contribution in [0.3, 0.4) is 0 Å². The van der Waals surface area contributed by atoms with Crippen LogP contribution in [0.4, 0.5) is 4.79 Å². The van der Waals surface area contributed by atoms with E-state index in [4.69, 9.17) is 5.11 Å². The average Bonchev–Trinajstić information content (AvgIpc) is 2.07. The van der Waals surface area contributed by atoms with Gasteiger partial charge < -0.3 is 15.7 Å². The van der Waals surface area contributed by atoms with E-state index >= 15 is 0 Å². The molecule has 1 aliphatic carbocycles. The van der Waals surface area contributed by atoms with E-state index in [1.807, 2.05) is 0 Å². The zero-order chi connectivity index (χ0) is 10.6. The molecule has 1 atom stereocenters. The van der Waals surface area contributed by atoms with Gasteiger partial charge in [-0.3, -0.25) is 0 Å². The predicted molar refractivity (Wildman–Crippen MR) is 51.0 cm³/mol. The third-order valence-corrected chi connectivity index (χ3v) is 2.45. The summed E-state index contributed by atoms with van der Waals surface area (Å²) in [4.78, 5) is 21.8. The van der Waals surface area contributed by atoms with Gasteiger partial charge in [-0.1, -0.05) is 6.92 Å². The Labute approximate surface area is 82.9 Å². The molecule has 80 valence electrons. The molecule has 0 bridgehead atoms. The quantitative estimate of drug-likeness (QED) is 0.625. The van der Waals surface area contributed by atoms with E-state index in [0.29, 0.717) is 6.42 Å². The maximum atomic E-state index is 11.2. The van der Waals surface area contributed by atoms with Crippen molar-refractivity contribution in [2.24, 2.45) is 0 Å².